The smallest absolute Gasteiger partial charge is 0.410 e. The van der Waals surface area contributed by atoms with Crippen molar-refractivity contribution in [1.82, 2.24) is 9.80 Å². The lowest BCUT2D eigenvalue weighted by Crippen LogP contribution is -2.39. The molecule has 0 unspecified atom stereocenters. The molecule has 2 atom stereocenters. The number of hydrogen-bond donors (Lipinski definition) is 0. The third-order valence-electron chi connectivity index (χ3n) is 4.76. The molecule has 0 spiro atoms. The summed E-state index contributed by atoms with van der Waals surface area (Å²) in [6, 6.07) is 8.19. The van der Waals surface area contributed by atoms with Crippen molar-refractivity contribution >= 4 is 6.09 Å². The average Bonchev–Trinajstić information content (AvgIpc) is 3.08. The molecule has 24 heavy (non-hydrogen) atoms. The van der Waals surface area contributed by atoms with Crippen LogP contribution in [0.15, 0.2) is 35.9 Å². The summed E-state index contributed by atoms with van der Waals surface area (Å²) in [4.78, 5) is 16.4. The van der Waals surface area contributed by atoms with Crippen LogP contribution in [0.4, 0.5) is 4.79 Å². The average molecular weight is 330 g/mol. The molecule has 0 aromatic heterocycles. The van der Waals surface area contributed by atoms with Gasteiger partial charge in [-0.1, -0.05) is 23.8 Å². The summed E-state index contributed by atoms with van der Waals surface area (Å²) in [5, 5.41) is 0. The van der Waals surface area contributed by atoms with E-state index in [1.165, 1.54) is 11.1 Å². The minimum atomic E-state index is -0.166. The zero-order chi connectivity index (χ0) is 17.1. The van der Waals surface area contributed by atoms with Crippen molar-refractivity contribution in [2.24, 2.45) is 0 Å². The van der Waals surface area contributed by atoms with Crippen LogP contribution >= 0.6 is 0 Å². The Morgan fingerprint density at radius 1 is 1.29 bits per heavy atom. The number of nitrogens with zero attached hydrogens (tertiary/aromatic N) is 2. The first-order valence-electron chi connectivity index (χ1n) is 8.52. The van der Waals surface area contributed by atoms with E-state index < -0.39 is 0 Å². The van der Waals surface area contributed by atoms with E-state index in [1.54, 1.807) is 7.11 Å². The molecule has 1 aromatic rings. The van der Waals surface area contributed by atoms with Crippen LogP contribution in [0, 0.1) is 0 Å². The van der Waals surface area contributed by atoms with Gasteiger partial charge >= 0.3 is 6.09 Å². The van der Waals surface area contributed by atoms with Gasteiger partial charge in [0.15, 0.2) is 0 Å². The lowest BCUT2D eigenvalue weighted by atomic mass is 10.1. The second-order valence-corrected chi connectivity index (χ2v) is 6.78. The fourth-order valence-corrected chi connectivity index (χ4v) is 3.34. The van der Waals surface area contributed by atoms with Gasteiger partial charge in [-0.05, 0) is 38.0 Å². The van der Waals surface area contributed by atoms with Crippen molar-refractivity contribution in [3.8, 4) is 5.75 Å². The molecule has 0 N–H and O–H groups in total. The van der Waals surface area contributed by atoms with E-state index >= 15 is 0 Å². The Balaban J connectivity index is 1.57. The van der Waals surface area contributed by atoms with Crippen LogP contribution in [0.1, 0.15) is 19.4 Å². The zero-order valence-corrected chi connectivity index (χ0v) is 14.7. The molecule has 5 nitrogen and oxygen atoms in total. The van der Waals surface area contributed by atoms with Crippen LogP contribution in [-0.2, 0) is 11.2 Å². The molecule has 2 aliphatic heterocycles. The van der Waals surface area contributed by atoms with Crippen LogP contribution in [0.5, 0.6) is 5.75 Å². The number of ether oxygens (including phenoxy) is 2. The Labute approximate surface area is 143 Å². The molecule has 3 rings (SSSR count). The Hall–Kier alpha value is -2.01. The SMILES string of the molecule is COc1ccc(CCN2C(=O)O[C@H]3CN(CC=C(C)C)C[C@H]32)cc1. The summed E-state index contributed by atoms with van der Waals surface area (Å²) in [5.74, 6) is 0.852. The molecule has 130 valence electrons. The molecule has 1 amide bonds. The van der Waals surface area contributed by atoms with Gasteiger partial charge in [0.25, 0.3) is 0 Å². The Kier molecular flexibility index (Phi) is 5.09. The molecular weight excluding hydrogens is 304 g/mol. The number of amides is 1. The predicted octanol–water partition coefficient (Wildman–Crippen LogP) is 2.71. The molecule has 2 aliphatic rings. The van der Waals surface area contributed by atoms with Crippen LogP contribution in [0.3, 0.4) is 0 Å². The third-order valence-corrected chi connectivity index (χ3v) is 4.76. The van der Waals surface area contributed by atoms with Gasteiger partial charge in [0.2, 0.25) is 0 Å². The second-order valence-electron chi connectivity index (χ2n) is 6.78. The first kappa shape index (κ1) is 16.8. The number of carbonyl (C=O) groups is 1. The molecule has 0 aliphatic carbocycles. The van der Waals surface area contributed by atoms with Crippen LogP contribution in [-0.4, -0.2) is 61.3 Å². The number of hydrogen-bond acceptors (Lipinski definition) is 4. The molecule has 2 saturated heterocycles. The number of likely N-dealkylation sites (tertiary alicyclic amines) is 1. The van der Waals surface area contributed by atoms with Gasteiger partial charge in [-0.2, -0.15) is 0 Å². The third kappa shape index (κ3) is 3.73. The van der Waals surface area contributed by atoms with Gasteiger partial charge in [0.1, 0.15) is 11.9 Å². The highest BCUT2D eigenvalue weighted by Crippen LogP contribution is 2.27. The summed E-state index contributed by atoms with van der Waals surface area (Å²) >= 11 is 0. The highest BCUT2D eigenvalue weighted by Gasteiger charge is 2.46. The van der Waals surface area contributed by atoms with E-state index in [2.05, 4.69) is 24.8 Å². The van der Waals surface area contributed by atoms with Crippen LogP contribution in [0.2, 0.25) is 0 Å². The standard InChI is InChI=1S/C19H26N2O3/c1-14(2)8-10-20-12-17-18(13-20)24-19(22)21(17)11-9-15-4-6-16(23-3)7-5-15/h4-8,17-18H,9-13H2,1-3H3/t17-,18+/m1/s1. The lowest BCUT2D eigenvalue weighted by molar-refractivity contribution is 0.123. The molecule has 2 heterocycles. The monoisotopic (exact) mass is 330 g/mol. The largest absolute Gasteiger partial charge is 0.497 e. The fourth-order valence-electron chi connectivity index (χ4n) is 3.34. The Morgan fingerprint density at radius 2 is 2.04 bits per heavy atom. The summed E-state index contributed by atoms with van der Waals surface area (Å²) in [6.07, 6.45) is 2.90. The van der Waals surface area contributed by atoms with Crippen LogP contribution < -0.4 is 4.74 Å². The minimum absolute atomic E-state index is 0.0129. The quantitative estimate of drug-likeness (QED) is 0.752. The van der Waals surface area contributed by atoms with Crippen molar-refractivity contribution in [1.29, 1.82) is 0 Å². The van der Waals surface area contributed by atoms with Crippen molar-refractivity contribution in [2.75, 3.05) is 33.3 Å². The predicted molar refractivity (Wildman–Crippen MR) is 93.3 cm³/mol. The summed E-state index contributed by atoms with van der Waals surface area (Å²) in [5.41, 5.74) is 2.52. The van der Waals surface area contributed by atoms with Crippen molar-refractivity contribution in [3.05, 3.63) is 41.5 Å². The van der Waals surface area contributed by atoms with Gasteiger partial charge in [-0.15, -0.1) is 0 Å². The molecule has 0 saturated carbocycles. The Morgan fingerprint density at radius 3 is 2.71 bits per heavy atom. The summed E-state index contributed by atoms with van der Waals surface area (Å²) in [6.45, 7) is 7.57. The van der Waals surface area contributed by atoms with Crippen molar-refractivity contribution in [2.45, 2.75) is 32.4 Å². The molecule has 2 fully saturated rings. The van der Waals surface area contributed by atoms with Gasteiger partial charge in [-0.3, -0.25) is 9.80 Å². The molecule has 0 radical (unpaired) electrons. The minimum Gasteiger partial charge on any atom is -0.497 e. The lowest BCUT2D eigenvalue weighted by Gasteiger charge is -2.22. The second kappa shape index (κ2) is 7.26. The number of fused-ring (bicyclic) bond motifs is 1. The van der Waals surface area contributed by atoms with E-state index in [9.17, 15) is 4.79 Å². The summed E-state index contributed by atoms with van der Waals surface area (Å²) < 4.78 is 10.7. The summed E-state index contributed by atoms with van der Waals surface area (Å²) in [7, 11) is 1.66. The van der Waals surface area contributed by atoms with E-state index in [-0.39, 0.29) is 18.2 Å². The van der Waals surface area contributed by atoms with Gasteiger partial charge < -0.3 is 9.47 Å². The van der Waals surface area contributed by atoms with E-state index in [0.29, 0.717) is 6.54 Å². The maximum Gasteiger partial charge on any atom is 0.410 e. The highest BCUT2D eigenvalue weighted by molar-refractivity contribution is 5.71. The number of carbonyl (C=O) groups excluding carboxylic acids is 1. The molecular formula is C19H26N2O3. The molecule has 1 aromatic carbocycles. The highest BCUT2D eigenvalue weighted by atomic mass is 16.6. The van der Waals surface area contributed by atoms with Crippen molar-refractivity contribution in [3.63, 3.8) is 0 Å². The normalized spacial score (nSPS) is 23.1. The van der Waals surface area contributed by atoms with Crippen LogP contribution in [0.25, 0.3) is 0 Å². The van der Waals surface area contributed by atoms with Gasteiger partial charge in [0.05, 0.1) is 13.2 Å². The van der Waals surface area contributed by atoms with Gasteiger partial charge in [0, 0.05) is 26.2 Å². The fraction of sp³-hybridized carbons (Fsp3) is 0.526. The van der Waals surface area contributed by atoms with Crippen molar-refractivity contribution < 1.29 is 14.3 Å². The first-order chi connectivity index (χ1) is 11.6. The maximum atomic E-state index is 12.1. The topological polar surface area (TPSA) is 42.0 Å². The number of methoxy groups -OCH3 is 1. The number of benzene rings is 1. The molecule has 0 bridgehead atoms. The van der Waals surface area contributed by atoms with Gasteiger partial charge in [-0.25, -0.2) is 4.79 Å². The first-order valence-corrected chi connectivity index (χ1v) is 8.52. The Bertz CT molecular complexity index is 608. The number of allylic oxidation sites excluding steroid dienone is 1. The van der Waals surface area contributed by atoms with E-state index in [1.807, 2.05) is 29.2 Å². The maximum absolute atomic E-state index is 12.1. The zero-order valence-electron chi connectivity index (χ0n) is 14.7. The number of rotatable bonds is 6. The molecule has 5 heteroatoms. The van der Waals surface area contributed by atoms with E-state index in [0.717, 1.165) is 31.8 Å². The van der Waals surface area contributed by atoms with E-state index in [4.69, 9.17) is 9.47 Å².